The first-order valence-electron chi connectivity index (χ1n) is 8.45. The number of nitrogens with one attached hydrogen (secondary N) is 1. The number of carbonyl (C=O) groups is 1. The van der Waals surface area contributed by atoms with Gasteiger partial charge in [-0.15, -0.1) is 0 Å². The Morgan fingerprint density at radius 2 is 1.81 bits per heavy atom. The minimum atomic E-state index is -0.620. The van der Waals surface area contributed by atoms with Gasteiger partial charge in [0.15, 0.2) is 6.10 Å². The van der Waals surface area contributed by atoms with E-state index in [0.717, 1.165) is 11.1 Å². The first-order valence-corrected chi connectivity index (χ1v) is 8.45. The van der Waals surface area contributed by atoms with Gasteiger partial charge in [-0.05, 0) is 53.4 Å². The Morgan fingerprint density at radius 3 is 2.63 bits per heavy atom. The van der Waals surface area contributed by atoms with E-state index < -0.39 is 18.2 Å². The molecular weight excluding hydrogens is 343 g/mol. The summed E-state index contributed by atoms with van der Waals surface area (Å²) in [4.78, 5) is 16.1. The van der Waals surface area contributed by atoms with Crippen LogP contribution in [-0.4, -0.2) is 11.1 Å². The van der Waals surface area contributed by atoms with Crippen molar-refractivity contribution in [2.45, 2.75) is 12.1 Å². The summed E-state index contributed by atoms with van der Waals surface area (Å²) < 4.78 is 18.9. The van der Waals surface area contributed by atoms with Gasteiger partial charge in [-0.1, -0.05) is 36.3 Å². The number of rotatable bonds is 2. The second-order valence-corrected chi connectivity index (χ2v) is 6.09. The molecule has 0 bridgehead atoms. The molecule has 4 rings (SSSR count). The Hall–Kier alpha value is -3.65. The summed E-state index contributed by atoms with van der Waals surface area (Å²) in [7, 11) is 0. The zero-order valence-corrected chi connectivity index (χ0v) is 14.2. The summed E-state index contributed by atoms with van der Waals surface area (Å²) in [5.41, 5.74) is 2.85. The van der Waals surface area contributed by atoms with Crippen LogP contribution in [0.15, 0.2) is 72.9 Å². The normalized spacial score (nSPS) is 18.2. The Bertz CT molecular complexity index is 1040. The van der Waals surface area contributed by atoms with Gasteiger partial charge in [-0.3, -0.25) is 0 Å². The third kappa shape index (κ3) is 3.80. The summed E-state index contributed by atoms with van der Waals surface area (Å²) in [6.45, 7) is 0. The van der Waals surface area contributed by atoms with Gasteiger partial charge < -0.3 is 10.1 Å². The number of benzene rings is 2. The standard InChI is InChI=1S/C22H15FN2O2/c23-18-8-4-7-17(13-18)21-20(25-22(26)27-21)16-11-12-24-19(14-16)10-9-15-5-2-1-3-6-15/h1-8,11-14,20-21H,(H,25,26)/t20-,21-/m1/s1. The zero-order chi connectivity index (χ0) is 18.6. The fourth-order valence-corrected chi connectivity index (χ4v) is 2.99. The molecule has 2 heterocycles. The van der Waals surface area contributed by atoms with E-state index >= 15 is 0 Å². The molecule has 2 atom stereocenters. The lowest BCUT2D eigenvalue weighted by molar-refractivity contribution is 0.132. The first kappa shape index (κ1) is 16.8. The van der Waals surface area contributed by atoms with Gasteiger partial charge in [-0.2, -0.15) is 0 Å². The monoisotopic (exact) mass is 358 g/mol. The summed E-state index contributed by atoms with van der Waals surface area (Å²) >= 11 is 0. The molecule has 1 saturated heterocycles. The van der Waals surface area contributed by atoms with E-state index in [1.54, 1.807) is 24.4 Å². The number of alkyl carbamates (subject to hydrolysis) is 1. The van der Waals surface area contributed by atoms with Crippen LogP contribution in [0.5, 0.6) is 0 Å². The van der Waals surface area contributed by atoms with E-state index in [1.165, 1.54) is 12.1 Å². The lowest BCUT2D eigenvalue weighted by atomic mass is 9.96. The SMILES string of the molecule is O=C1N[C@H](c2ccnc(C#Cc3ccccc3)c2)[C@@H](c2cccc(F)c2)O1. The van der Waals surface area contributed by atoms with E-state index in [1.807, 2.05) is 36.4 Å². The Balaban J connectivity index is 1.64. The number of aromatic nitrogens is 1. The highest BCUT2D eigenvalue weighted by molar-refractivity contribution is 5.71. The highest BCUT2D eigenvalue weighted by atomic mass is 19.1. The molecule has 3 aromatic rings. The molecule has 1 amide bonds. The molecule has 1 aromatic heterocycles. The smallest absolute Gasteiger partial charge is 0.408 e. The van der Waals surface area contributed by atoms with Crippen molar-refractivity contribution in [3.63, 3.8) is 0 Å². The van der Waals surface area contributed by atoms with Crippen LogP contribution in [0.1, 0.15) is 34.5 Å². The molecule has 1 aliphatic heterocycles. The molecule has 132 valence electrons. The molecule has 2 aromatic carbocycles. The number of hydrogen-bond donors (Lipinski definition) is 1. The van der Waals surface area contributed by atoms with Crippen LogP contribution in [0.25, 0.3) is 0 Å². The number of cyclic esters (lactones) is 1. The molecular formula is C22H15FN2O2. The van der Waals surface area contributed by atoms with Crippen molar-refractivity contribution in [3.8, 4) is 11.8 Å². The van der Waals surface area contributed by atoms with Crippen molar-refractivity contribution in [2.75, 3.05) is 0 Å². The minimum absolute atomic E-state index is 0.377. The number of carbonyl (C=O) groups excluding carboxylic acids is 1. The van der Waals surface area contributed by atoms with Crippen LogP contribution in [0.4, 0.5) is 9.18 Å². The van der Waals surface area contributed by atoms with E-state index in [2.05, 4.69) is 22.1 Å². The van der Waals surface area contributed by atoms with Crippen LogP contribution in [0.3, 0.4) is 0 Å². The third-order valence-electron chi connectivity index (χ3n) is 4.24. The van der Waals surface area contributed by atoms with Gasteiger partial charge in [0.05, 0.1) is 6.04 Å². The van der Waals surface area contributed by atoms with Crippen molar-refractivity contribution in [3.05, 3.63) is 101 Å². The topological polar surface area (TPSA) is 51.2 Å². The van der Waals surface area contributed by atoms with Crippen LogP contribution >= 0.6 is 0 Å². The van der Waals surface area contributed by atoms with Crippen LogP contribution in [0.2, 0.25) is 0 Å². The van der Waals surface area contributed by atoms with Crippen LogP contribution in [-0.2, 0) is 4.74 Å². The number of hydrogen-bond acceptors (Lipinski definition) is 3. The predicted molar refractivity (Wildman–Crippen MR) is 98.2 cm³/mol. The molecule has 1 aliphatic rings. The van der Waals surface area contributed by atoms with Gasteiger partial charge in [0.1, 0.15) is 11.5 Å². The Morgan fingerprint density at radius 1 is 0.963 bits per heavy atom. The average molecular weight is 358 g/mol. The maximum Gasteiger partial charge on any atom is 0.408 e. The van der Waals surface area contributed by atoms with Gasteiger partial charge >= 0.3 is 6.09 Å². The average Bonchev–Trinajstić information content (AvgIpc) is 3.09. The predicted octanol–water partition coefficient (Wildman–Crippen LogP) is 4.14. The highest BCUT2D eigenvalue weighted by Crippen LogP contribution is 2.36. The van der Waals surface area contributed by atoms with Crippen molar-refractivity contribution >= 4 is 6.09 Å². The van der Waals surface area contributed by atoms with Crippen molar-refractivity contribution in [2.24, 2.45) is 0 Å². The Labute approximate surface area is 156 Å². The third-order valence-corrected chi connectivity index (χ3v) is 4.24. The van der Waals surface area contributed by atoms with Gasteiger partial charge in [0.2, 0.25) is 0 Å². The molecule has 5 heteroatoms. The summed E-state index contributed by atoms with van der Waals surface area (Å²) in [6.07, 6.45) is 0.478. The molecule has 4 nitrogen and oxygen atoms in total. The largest absolute Gasteiger partial charge is 0.439 e. The van der Waals surface area contributed by atoms with Crippen LogP contribution in [0, 0.1) is 17.7 Å². The van der Waals surface area contributed by atoms with Crippen molar-refractivity contribution in [1.29, 1.82) is 0 Å². The fourth-order valence-electron chi connectivity index (χ4n) is 2.99. The van der Waals surface area contributed by atoms with Gasteiger partial charge in [-0.25, -0.2) is 14.2 Å². The quantitative estimate of drug-likeness (QED) is 0.701. The summed E-state index contributed by atoms with van der Waals surface area (Å²) in [6, 6.07) is 18.8. The van der Waals surface area contributed by atoms with E-state index in [-0.39, 0.29) is 5.82 Å². The van der Waals surface area contributed by atoms with Gasteiger partial charge in [0.25, 0.3) is 0 Å². The molecule has 1 fully saturated rings. The molecule has 0 radical (unpaired) electrons. The van der Waals surface area contributed by atoms with E-state index in [4.69, 9.17) is 4.74 Å². The number of ether oxygens (including phenoxy) is 1. The molecule has 1 N–H and O–H groups in total. The lowest BCUT2D eigenvalue weighted by Gasteiger charge is -2.17. The second kappa shape index (κ2) is 7.30. The van der Waals surface area contributed by atoms with Crippen molar-refractivity contribution < 1.29 is 13.9 Å². The molecule has 0 spiro atoms. The minimum Gasteiger partial charge on any atom is -0.439 e. The number of nitrogens with zero attached hydrogens (tertiary/aromatic N) is 1. The van der Waals surface area contributed by atoms with Gasteiger partial charge in [0, 0.05) is 11.8 Å². The van der Waals surface area contributed by atoms with Crippen LogP contribution < -0.4 is 5.32 Å². The highest BCUT2D eigenvalue weighted by Gasteiger charge is 2.36. The van der Waals surface area contributed by atoms with Crippen molar-refractivity contribution in [1.82, 2.24) is 10.3 Å². The lowest BCUT2D eigenvalue weighted by Crippen LogP contribution is -2.19. The second-order valence-electron chi connectivity index (χ2n) is 6.09. The maximum atomic E-state index is 13.6. The fraction of sp³-hybridized carbons (Fsp3) is 0.0909. The van der Waals surface area contributed by atoms with E-state index in [0.29, 0.717) is 11.3 Å². The summed E-state index contributed by atoms with van der Waals surface area (Å²) in [5.74, 6) is 5.71. The summed E-state index contributed by atoms with van der Waals surface area (Å²) in [5, 5.41) is 2.78. The maximum absolute atomic E-state index is 13.6. The number of halogens is 1. The Kier molecular flexibility index (Phi) is 4.54. The number of amides is 1. The first-order chi connectivity index (χ1) is 13.2. The molecule has 0 aliphatic carbocycles. The van der Waals surface area contributed by atoms with E-state index in [9.17, 15) is 9.18 Å². The zero-order valence-electron chi connectivity index (χ0n) is 14.2. The molecule has 0 unspecified atom stereocenters. The molecule has 0 saturated carbocycles. The number of pyridine rings is 1. The molecule has 27 heavy (non-hydrogen) atoms.